The van der Waals surface area contributed by atoms with Crippen LogP contribution in [-0.4, -0.2) is 55.0 Å². The van der Waals surface area contributed by atoms with Gasteiger partial charge in [0.2, 0.25) is 5.91 Å². The summed E-state index contributed by atoms with van der Waals surface area (Å²) >= 11 is 0. The number of benzene rings is 1. The fraction of sp³-hybridized carbons (Fsp3) is 0.650. The predicted octanol–water partition coefficient (Wildman–Crippen LogP) is 2.74. The molecule has 4 heteroatoms. The first-order valence-corrected chi connectivity index (χ1v) is 9.24. The van der Waals surface area contributed by atoms with E-state index in [0.717, 1.165) is 44.8 Å². The number of fused-ring (bicyclic) bond motifs is 1. The Labute approximate surface area is 145 Å². The van der Waals surface area contributed by atoms with E-state index in [4.69, 9.17) is 4.74 Å². The van der Waals surface area contributed by atoms with Gasteiger partial charge in [-0.25, -0.2) is 0 Å². The Morgan fingerprint density at radius 2 is 2.00 bits per heavy atom. The lowest BCUT2D eigenvalue weighted by atomic mass is 9.87. The summed E-state index contributed by atoms with van der Waals surface area (Å²) in [5, 5.41) is 0. The number of carbonyl (C=O) groups excluding carboxylic acids is 1. The molecule has 1 aromatic rings. The number of nitrogens with zero attached hydrogens (tertiary/aromatic N) is 2. The minimum Gasteiger partial charge on any atom is -0.497 e. The maximum Gasteiger partial charge on any atom is 0.223 e. The van der Waals surface area contributed by atoms with Crippen molar-refractivity contribution >= 4 is 5.91 Å². The van der Waals surface area contributed by atoms with Crippen LogP contribution in [0.1, 0.15) is 37.8 Å². The van der Waals surface area contributed by atoms with Crippen LogP contribution >= 0.6 is 0 Å². The maximum absolute atomic E-state index is 12.3. The van der Waals surface area contributed by atoms with Crippen molar-refractivity contribution in [1.29, 1.82) is 0 Å². The van der Waals surface area contributed by atoms with Gasteiger partial charge in [0.15, 0.2) is 0 Å². The van der Waals surface area contributed by atoms with Crippen LogP contribution in [0.3, 0.4) is 0 Å². The lowest BCUT2D eigenvalue weighted by molar-refractivity contribution is -0.130. The van der Waals surface area contributed by atoms with E-state index in [1.807, 2.05) is 0 Å². The third-order valence-corrected chi connectivity index (χ3v) is 5.34. The Morgan fingerprint density at radius 3 is 2.75 bits per heavy atom. The zero-order valence-corrected chi connectivity index (χ0v) is 15.3. The highest BCUT2D eigenvalue weighted by atomic mass is 16.5. The van der Waals surface area contributed by atoms with E-state index in [2.05, 4.69) is 41.8 Å². The average Bonchev–Trinajstić information content (AvgIpc) is 2.76. The van der Waals surface area contributed by atoms with Crippen molar-refractivity contribution in [3.8, 4) is 5.75 Å². The summed E-state index contributed by atoms with van der Waals surface area (Å²) in [6.45, 7) is 8.03. The standard InChI is InChI=1S/C20H30N2O2/c1-15(2)14-22-11-10-21(9-8-20(22)23)18-6-4-16-5-7-19(24-3)13-17(16)12-18/h5,7,13,15,18H,4,6,8-12,14H2,1-3H3. The van der Waals surface area contributed by atoms with Gasteiger partial charge in [0.05, 0.1) is 7.11 Å². The number of amides is 1. The molecule has 2 aliphatic rings. The van der Waals surface area contributed by atoms with Crippen molar-refractivity contribution in [1.82, 2.24) is 9.80 Å². The summed E-state index contributed by atoms with van der Waals surface area (Å²) in [5.41, 5.74) is 2.87. The normalized spacial score (nSPS) is 22.4. The van der Waals surface area contributed by atoms with Gasteiger partial charge >= 0.3 is 0 Å². The third kappa shape index (κ3) is 3.92. The van der Waals surface area contributed by atoms with Gasteiger partial charge in [0.25, 0.3) is 0 Å². The molecule has 0 spiro atoms. The van der Waals surface area contributed by atoms with Crippen molar-refractivity contribution in [3.05, 3.63) is 29.3 Å². The summed E-state index contributed by atoms with van der Waals surface area (Å²) in [6.07, 6.45) is 4.06. The van der Waals surface area contributed by atoms with E-state index >= 15 is 0 Å². The molecule has 0 N–H and O–H groups in total. The minimum atomic E-state index is 0.323. The molecule has 132 valence electrons. The van der Waals surface area contributed by atoms with Gasteiger partial charge in [0.1, 0.15) is 5.75 Å². The monoisotopic (exact) mass is 330 g/mol. The van der Waals surface area contributed by atoms with Crippen LogP contribution in [0.2, 0.25) is 0 Å². The highest BCUT2D eigenvalue weighted by molar-refractivity contribution is 5.76. The molecule has 0 saturated carbocycles. The molecule has 1 aliphatic carbocycles. The molecule has 1 aromatic carbocycles. The Balaban J connectivity index is 1.66. The Morgan fingerprint density at radius 1 is 1.17 bits per heavy atom. The number of hydrogen-bond acceptors (Lipinski definition) is 3. The summed E-state index contributed by atoms with van der Waals surface area (Å²) in [7, 11) is 1.73. The summed E-state index contributed by atoms with van der Waals surface area (Å²) in [4.78, 5) is 16.9. The highest BCUT2D eigenvalue weighted by Crippen LogP contribution is 2.28. The van der Waals surface area contributed by atoms with Crippen LogP contribution in [0.5, 0.6) is 5.75 Å². The molecular formula is C20H30N2O2. The number of ether oxygens (including phenoxy) is 1. The quantitative estimate of drug-likeness (QED) is 0.851. The summed E-state index contributed by atoms with van der Waals surface area (Å²) in [5.74, 6) is 1.81. The number of carbonyl (C=O) groups is 1. The fourth-order valence-corrected chi connectivity index (χ4v) is 4.03. The van der Waals surface area contributed by atoms with Crippen molar-refractivity contribution in [2.24, 2.45) is 5.92 Å². The average molecular weight is 330 g/mol. The summed E-state index contributed by atoms with van der Waals surface area (Å²) < 4.78 is 5.38. The van der Waals surface area contributed by atoms with Crippen molar-refractivity contribution in [2.45, 2.75) is 45.6 Å². The lowest BCUT2D eigenvalue weighted by Gasteiger charge is -2.34. The fourth-order valence-electron chi connectivity index (χ4n) is 4.03. The van der Waals surface area contributed by atoms with Crippen molar-refractivity contribution in [2.75, 3.05) is 33.3 Å². The lowest BCUT2D eigenvalue weighted by Crippen LogP contribution is -2.42. The Hall–Kier alpha value is -1.55. The van der Waals surface area contributed by atoms with Crippen LogP contribution in [0.4, 0.5) is 0 Å². The molecule has 1 aliphatic heterocycles. The van der Waals surface area contributed by atoms with Crippen LogP contribution in [0, 0.1) is 5.92 Å². The molecule has 0 bridgehead atoms. The molecule has 1 amide bonds. The summed E-state index contributed by atoms with van der Waals surface area (Å²) in [6, 6.07) is 7.01. The van der Waals surface area contributed by atoms with Gasteiger partial charge in [-0.15, -0.1) is 0 Å². The smallest absolute Gasteiger partial charge is 0.223 e. The first-order valence-electron chi connectivity index (χ1n) is 9.24. The van der Waals surface area contributed by atoms with Crippen molar-refractivity contribution < 1.29 is 9.53 Å². The second kappa shape index (κ2) is 7.56. The predicted molar refractivity (Wildman–Crippen MR) is 96.4 cm³/mol. The van der Waals surface area contributed by atoms with Gasteiger partial charge < -0.3 is 9.64 Å². The molecule has 4 nitrogen and oxygen atoms in total. The molecule has 1 saturated heterocycles. The van der Waals surface area contributed by atoms with E-state index < -0.39 is 0 Å². The van der Waals surface area contributed by atoms with Gasteiger partial charge in [-0.05, 0) is 48.4 Å². The number of rotatable bonds is 4. The van der Waals surface area contributed by atoms with Gasteiger partial charge in [-0.2, -0.15) is 0 Å². The first kappa shape index (κ1) is 17.3. The molecule has 0 aromatic heterocycles. The second-order valence-corrected chi connectivity index (χ2v) is 7.55. The molecule has 1 heterocycles. The van der Waals surface area contributed by atoms with Crippen LogP contribution in [0.25, 0.3) is 0 Å². The third-order valence-electron chi connectivity index (χ3n) is 5.34. The number of methoxy groups -OCH3 is 1. The molecule has 0 radical (unpaired) electrons. The maximum atomic E-state index is 12.3. The Bertz CT molecular complexity index is 585. The number of hydrogen-bond donors (Lipinski definition) is 0. The molecular weight excluding hydrogens is 300 g/mol. The Kier molecular flexibility index (Phi) is 5.44. The van der Waals surface area contributed by atoms with Crippen LogP contribution in [-0.2, 0) is 17.6 Å². The van der Waals surface area contributed by atoms with E-state index in [-0.39, 0.29) is 0 Å². The second-order valence-electron chi connectivity index (χ2n) is 7.55. The van der Waals surface area contributed by atoms with Gasteiger partial charge in [-0.1, -0.05) is 19.9 Å². The zero-order valence-electron chi connectivity index (χ0n) is 15.3. The minimum absolute atomic E-state index is 0.323. The van der Waals surface area contributed by atoms with E-state index in [9.17, 15) is 4.79 Å². The first-order chi connectivity index (χ1) is 11.6. The van der Waals surface area contributed by atoms with E-state index in [1.54, 1.807) is 7.11 Å². The molecule has 1 fully saturated rings. The topological polar surface area (TPSA) is 32.8 Å². The SMILES string of the molecule is COc1ccc2c(c1)CC(N1CCC(=O)N(CC(C)C)CC1)CC2. The van der Waals surface area contributed by atoms with Crippen LogP contribution in [0.15, 0.2) is 18.2 Å². The number of aryl methyl sites for hydroxylation is 1. The molecule has 1 atom stereocenters. The van der Waals surface area contributed by atoms with Crippen LogP contribution < -0.4 is 4.74 Å². The molecule has 1 unspecified atom stereocenters. The molecule has 24 heavy (non-hydrogen) atoms. The molecule has 3 rings (SSSR count). The van der Waals surface area contributed by atoms with Crippen molar-refractivity contribution in [3.63, 3.8) is 0 Å². The van der Waals surface area contributed by atoms with Gasteiger partial charge in [-0.3, -0.25) is 9.69 Å². The highest BCUT2D eigenvalue weighted by Gasteiger charge is 2.28. The largest absolute Gasteiger partial charge is 0.497 e. The van der Waals surface area contributed by atoms with E-state index in [0.29, 0.717) is 24.3 Å². The van der Waals surface area contributed by atoms with E-state index in [1.165, 1.54) is 17.5 Å². The van der Waals surface area contributed by atoms with Gasteiger partial charge in [0, 0.05) is 38.6 Å². The zero-order chi connectivity index (χ0) is 17.1.